The Hall–Kier alpha value is -2.56. The van der Waals surface area contributed by atoms with Gasteiger partial charge in [0.25, 0.3) is 5.91 Å². The van der Waals surface area contributed by atoms with Crippen LogP contribution in [0.5, 0.6) is 5.75 Å². The lowest BCUT2D eigenvalue weighted by Crippen LogP contribution is -2.14. The van der Waals surface area contributed by atoms with Crippen molar-refractivity contribution >= 4 is 17.3 Å². The van der Waals surface area contributed by atoms with Gasteiger partial charge in [-0.05, 0) is 37.3 Å². The number of carbonyl (C=O) groups excluding carboxylic acids is 1. The summed E-state index contributed by atoms with van der Waals surface area (Å²) in [4.78, 5) is 12.2. The molecule has 4 nitrogen and oxygen atoms in total. The molecule has 0 aliphatic rings. The molecule has 0 fully saturated rings. The molecule has 0 atom stereocenters. The fraction of sp³-hybridized carbons (Fsp3) is 0.133. The smallest absolute Gasteiger partial charge is 0.259 e. The molecule has 0 aliphatic heterocycles. The van der Waals surface area contributed by atoms with E-state index in [0.717, 1.165) is 5.56 Å². The number of anilines is 2. The molecule has 0 saturated heterocycles. The summed E-state index contributed by atoms with van der Waals surface area (Å²) >= 11 is 0. The summed E-state index contributed by atoms with van der Waals surface area (Å²) in [5.41, 5.74) is 7.53. The molecule has 104 valence electrons. The molecule has 0 spiro atoms. The lowest BCUT2D eigenvalue weighted by molar-refractivity contribution is 0.102. The third-order valence-corrected chi connectivity index (χ3v) is 2.86. The van der Waals surface area contributed by atoms with E-state index in [0.29, 0.717) is 17.0 Å². The Morgan fingerprint density at radius 2 is 2.00 bits per heavy atom. The Kier molecular flexibility index (Phi) is 3.89. The molecule has 0 aliphatic carbocycles. The lowest BCUT2D eigenvalue weighted by Gasteiger charge is -2.11. The summed E-state index contributed by atoms with van der Waals surface area (Å²) in [5.74, 6) is -0.420. The van der Waals surface area contributed by atoms with Gasteiger partial charge in [0.15, 0.2) is 0 Å². The van der Waals surface area contributed by atoms with E-state index in [9.17, 15) is 9.18 Å². The molecular weight excluding hydrogens is 259 g/mol. The quantitative estimate of drug-likeness (QED) is 0.846. The highest BCUT2D eigenvalue weighted by atomic mass is 19.1. The van der Waals surface area contributed by atoms with Gasteiger partial charge in [-0.15, -0.1) is 0 Å². The van der Waals surface area contributed by atoms with Crippen LogP contribution >= 0.6 is 0 Å². The summed E-state index contributed by atoms with van der Waals surface area (Å²) < 4.78 is 18.3. The van der Waals surface area contributed by atoms with E-state index in [1.807, 2.05) is 13.0 Å². The Labute approximate surface area is 116 Å². The first-order valence-electron chi connectivity index (χ1n) is 6.02. The average Bonchev–Trinajstić information content (AvgIpc) is 2.42. The number of hydrogen-bond acceptors (Lipinski definition) is 3. The zero-order valence-corrected chi connectivity index (χ0v) is 11.2. The normalized spacial score (nSPS) is 10.2. The molecule has 0 aromatic heterocycles. The van der Waals surface area contributed by atoms with Crippen molar-refractivity contribution in [2.45, 2.75) is 6.92 Å². The maximum atomic E-state index is 13.2. The van der Waals surface area contributed by atoms with Crippen molar-refractivity contribution in [2.75, 3.05) is 18.2 Å². The van der Waals surface area contributed by atoms with Crippen molar-refractivity contribution in [3.05, 3.63) is 53.3 Å². The fourth-order valence-electron chi connectivity index (χ4n) is 1.83. The van der Waals surface area contributed by atoms with E-state index in [4.69, 9.17) is 10.5 Å². The minimum Gasteiger partial charge on any atom is -0.496 e. The molecule has 2 aromatic rings. The lowest BCUT2D eigenvalue weighted by atomic mass is 10.1. The zero-order chi connectivity index (χ0) is 14.7. The number of methoxy groups -OCH3 is 1. The van der Waals surface area contributed by atoms with Gasteiger partial charge in [-0.2, -0.15) is 0 Å². The topological polar surface area (TPSA) is 64.3 Å². The van der Waals surface area contributed by atoms with E-state index in [1.54, 1.807) is 12.1 Å². The second-order valence-corrected chi connectivity index (χ2v) is 4.39. The van der Waals surface area contributed by atoms with Crippen LogP contribution in [0.4, 0.5) is 15.8 Å². The third kappa shape index (κ3) is 2.88. The van der Waals surface area contributed by atoms with Crippen LogP contribution in [0.25, 0.3) is 0 Å². The van der Waals surface area contributed by atoms with Crippen molar-refractivity contribution in [1.82, 2.24) is 0 Å². The van der Waals surface area contributed by atoms with Crippen LogP contribution in [-0.2, 0) is 0 Å². The maximum absolute atomic E-state index is 13.2. The number of nitrogens with two attached hydrogens (primary N) is 1. The highest BCUT2D eigenvalue weighted by molar-refractivity contribution is 6.07. The Morgan fingerprint density at radius 3 is 2.70 bits per heavy atom. The predicted octanol–water partition coefficient (Wildman–Crippen LogP) is 2.98. The number of carbonyl (C=O) groups is 1. The number of halogens is 1. The van der Waals surface area contributed by atoms with Gasteiger partial charge in [-0.25, -0.2) is 4.39 Å². The Balaban J connectivity index is 2.32. The fourth-order valence-corrected chi connectivity index (χ4v) is 1.83. The van der Waals surface area contributed by atoms with Gasteiger partial charge in [0, 0.05) is 0 Å². The Bertz CT molecular complexity index is 656. The second kappa shape index (κ2) is 5.61. The van der Waals surface area contributed by atoms with Crippen LogP contribution in [0.15, 0.2) is 36.4 Å². The first kappa shape index (κ1) is 13.9. The van der Waals surface area contributed by atoms with Crippen LogP contribution in [0, 0.1) is 12.7 Å². The van der Waals surface area contributed by atoms with Crippen LogP contribution in [0.3, 0.4) is 0 Å². The van der Waals surface area contributed by atoms with Crippen LogP contribution in [0.2, 0.25) is 0 Å². The molecule has 0 heterocycles. The number of nitrogens with one attached hydrogen (secondary N) is 1. The number of ether oxygens (including phenoxy) is 1. The monoisotopic (exact) mass is 274 g/mol. The number of rotatable bonds is 3. The molecule has 20 heavy (non-hydrogen) atoms. The number of nitrogen functional groups attached to an aromatic ring is 1. The molecule has 1 amide bonds. The molecule has 2 aromatic carbocycles. The minimum atomic E-state index is -0.467. The van der Waals surface area contributed by atoms with Gasteiger partial charge in [0.05, 0.1) is 24.0 Å². The number of benzene rings is 2. The van der Waals surface area contributed by atoms with Crippen molar-refractivity contribution in [2.24, 2.45) is 0 Å². The molecule has 0 saturated carbocycles. The van der Waals surface area contributed by atoms with E-state index in [-0.39, 0.29) is 5.69 Å². The summed E-state index contributed by atoms with van der Waals surface area (Å²) in [6.07, 6.45) is 0. The zero-order valence-electron chi connectivity index (χ0n) is 11.2. The number of aryl methyl sites for hydroxylation is 1. The van der Waals surface area contributed by atoms with Crippen LogP contribution in [-0.4, -0.2) is 13.0 Å². The van der Waals surface area contributed by atoms with Gasteiger partial charge in [-0.1, -0.05) is 11.6 Å². The predicted molar refractivity (Wildman–Crippen MR) is 76.5 cm³/mol. The SMILES string of the molecule is COc1ccc(C)cc1C(=O)Nc1cc(F)ccc1N. The van der Waals surface area contributed by atoms with Gasteiger partial charge in [0.1, 0.15) is 11.6 Å². The van der Waals surface area contributed by atoms with Crippen molar-refractivity contribution in [3.63, 3.8) is 0 Å². The molecule has 0 unspecified atom stereocenters. The number of amides is 1. The van der Waals surface area contributed by atoms with E-state index < -0.39 is 11.7 Å². The van der Waals surface area contributed by atoms with Crippen molar-refractivity contribution < 1.29 is 13.9 Å². The van der Waals surface area contributed by atoms with E-state index >= 15 is 0 Å². The molecule has 2 rings (SSSR count). The molecule has 0 bridgehead atoms. The van der Waals surface area contributed by atoms with Gasteiger partial charge >= 0.3 is 0 Å². The average molecular weight is 274 g/mol. The summed E-state index contributed by atoms with van der Waals surface area (Å²) in [7, 11) is 1.48. The van der Waals surface area contributed by atoms with Gasteiger partial charge < -0.3 is 15.8 Å². The van der Waals surface area contributed by atoms with Crippen LogP contribution in [0.1, 0.15) is 15.9 Å². The molecule has 5 heteroatoms. The van der Waals surface area contributed by atoms with Crippen LogP contribution < -0.4 is 15.8 Å². The second-order valence-electron chi connectivity index (χ2n) is 4.39. The molecular formula is C15H15FN2O2. The third-order valence-electron chi connectivity index (χ3n) is 2.86. The summed E-state index contributed by atoms with van der Waals surface area (Å²) in [6.45, 7) is 1.87. The highest BCUT2D eigenvalue weighted by Crippen LogP contribution is 2.24. The highest BCUT2D eigenvalue weighted by Gasteiger charge is 2.14. The maximum Gasteiger partial charge on any atom is 0.259 e. The van der Waals surface area contributed by atoms with Crippen molar-refractivity contribution in [1.29, 1.82) is 0 Å². The largest absolute Gasteiger partial charge is 0.496 e. The standard InChI is InChI=1S/C15H15FN2O2/c1-9-3-6-14(20-2)11(7-9)15(19)18-13-8-10(16)4-5-12(13)17/h3-8H,17H2,1-2H3,(H,18,19). The number of hydrogen-bond donors (Lipinski definition) is 2. The first-order valence-corrected chi connectivity index (χ1v) is 6.02. The van der Waals surface area contributed by atoms with E-state index in [1.165, 1.54) is 25.3 Å². The van der Waals surface area contributed by atoms with E-state index in [2.05, 4.69) is 5.32 Å². The van der Waals surface area contributed by atoms with Gasteiger partial charge in [-0.3, -0.25) is 4.79 Å². The first-order chi connectivity index (χ1) is 9.51. The summed E-state index contributed by atoms with van der Waals surface area (Å²) in [6, 6.07) is 9.06. The molecule has 0 radical (unpaired) electrons. The Morgan fingerprint density at radius 1 is 1.25 bits per heavy atom. The minimum absolute atomic E-state index is 0.235. The van der Waals surface area contributed by atoms with Gasteiger partial charge in [0.2, 0.25) is 0 Å². The van der Waals surface area contributed by atoms with Crippen molar-refractivity contribution in [3.8, 4) is 5.75 Å². The molecule has 3 N–H and O–H groups in total. The summed E-state index contributed by atoms with van der Waals surface area (Å²) in [5, 5.41) is 2.59.